The Hall–Kier alpha value is -0.590. The molecule has 10 heavy (non-hydrogen) atoms. The van der Waals surface area contributed by atoms with Gasteiger partial charge in [0.05, 0.1) is 18.6 Å². The predicted molar refractivity (Wildman–Crippen MR) is 39.4 cm³/mol. The third-order valence-corrected chi connectivity index (χ3v) is 1.09. The number of aliphatic hydroxyl groups excluding tert-OH is 1. The van der Waals surface area contributed by atoms with E-state index in [9.17, 15) is 0 Å². The molecular weight excluding hydrogens is 128 g/mol. The van der Waals surface area contributed by atoms with E-state index in [1.165, 1.54) is 0 Å². The highest BCUT2D eigenvalue weighted by Crippen LogP contribution is 1.87. The molecule has 0 aromatic heterocycles. The minimum atomic E-state index is -0.521. The first-order valence-electron chi connectivity index (χ1n) is 3.45. The molecule has 0 aliphatic rings. The lowest BCUT2D eigenvalue weighted by Gasteiger charge is -2.10. The second-order valence-electron chi connectivity index (χ2n) is 2.58. The van der Waals surface area contributed by atoms with Crippen LogP contribution in [0.15, 0.2) is 0 Å². The summed E-state index contributed by atoms with van der Waals surface area (Å²) < 4.78 is 0. The largest absolute Gasteiger partial charge is 0.391 e. The van der Waals surface area contributed by atoms with Gasteiger partial charge in [-0.25, -0.2) is 0 Å². The average molecular weight is 142 g/mol. The van der Waals surface area contributed by atoms with Gasteiger partial charge in [0.1, 0.15) is 0 Å². The van der Waals surface area contributed by atoms with E-state index in [4.69, 9.17) is 10.4 Å². The Bertz CT molecular complexity index is 117. The maximum Gasteiger partial charge on any atom is 0.0794 e. The Morgan fingerprint density at radius 2 is 2.20 bits per heavy atom. The molecule has 58 valence electrons. The van der Waals surface area contributed by atoms with Crippen molar-refractivity contribution in [3.8, 4) is 6.07 Å². The third-order valence-electron chi connectivity index (χ3n) is 1.09. The molecule has 3 heteroatoms. The molecule has 2 N–H and O–H groups in total. The van der Waals surface area contributed by atoms with Crippen molar-refractivity contribution in [3.63, 3.8) is 0 Å². The first kappa shape index (κ1) is 9.41. The average Bonchev–Trinajstić information content (AvgIpc) is 1.85. The van der Waals surface area contributed by atoms with Crippen LogP contribution in [-0.2, 0) is 0 Å². The van der Waals surface area contributed by atoms with E-state index in [0.717, 1.165) is 0 Å². The molecule has 0 aromatic rings. The van der Waals surface area contributed by atoms with Crippen LogP contribution in [0, 0.1) is 11.3 Å². The smallest absolute Gasteiger partial charge is 0.0794 e. The molecule has 0 bridgehead atoms. The van der Waals surface area contributed by atoms with Crippen molar-refractivity contribution in [1.29, 1.82) is 5.26 Å². The normalized spacial score (nSPS) is 13.1. The molecule has 0 rings (SSSR count). The van der Waals surface area contributed by atoms with Gasteiger partial charge < -0.3 is 10.4 Å². The van der Waals surface area contributed by atoms with Gasteiger partial charge in [0, 0.05) is 12.6 Å². The summed E-state index contributed by atoms with van der Waals surface area (Å²) in [7, 11) is 0. The number of nitrogens with zero attached hydrogens (tertiary/aromatic N) is 1. The van der Waals surface area contributed by atoms with Crippen LogP contribution < -0.4 is 5.32 Å². The van der Waals surface area contributed by atoms with E-state index in [0.29, 0.717) is 12.6 Å². The van der Waals surface area contributed by atoms with Crippen molar-refractivity contribution in [1.82, 2.24) is 5.32 Å². The quantitative estimate of drug-likeness (QED) is 0.592. The van der Waals surface area contributed by atoms with E-state index in [1.54, 1.807) is 0 Å². The van der Waals surface area contributed by atoms with Crippen LogP contribution in [0.25, 0.3) is 0 Å². The maximum absolute atomic E-state index is 9.01. The standard InChI is InChI=1S/C7H14N2O/c1-6(2)9-5-7(10)3-4-8/h6-7,9-10H,3,5H2,1-2H3. The molecule has 3 nitrogen and oxygen atoms in total. The lowest BCUT2D eigenvalue weighted by Crippen LogP contribution is -2.31. The van der Waals surface area contributed by atoms with Gasteiger partial charge in [-0.2, -0.15) is 5.26 Å². The summed E-state index contributed by atoms with van der Waals surface area (Å²) in [6, 6.07) is 2.27. The van der Waals surface area contributed by atoms with Gasteiger partial charge in [0.25, 0.3) is 0 Å². The van der Waals surface area contributed by atoms with Crippen LogP contribution in [-0.4, -0.2) is 23.8 Å². The molecule has 0 aromatic carbocycles. The van der Waals surface area contributed by atoms with Crippen LogP contribution in [0.5, 0.6) is 0 Å². The highest BCUT2D eigenvalue weighted by Gasteiger charge is 2.02. The van der Waals surface area contributed by atoms with Gasteiger partial charge in [-0.05, 0) is 0 Å². The number of aliphatic hydroxyl groups is 1. The second-order valence-corrected chi connectivity index (χ2v) is 2.58. The van der Waals surface area contributed by atoms with Crippen molar-refractivity contribution >= 4 is 0 Å². The number of rotatable bonds is 4. The van der Waals surface area contributed by atoms with E-state index >= 15 is 0 Å². The zero-order chi connectivity index (χ0) is 7.98. The molecular formula is C7H14N2O. The Morgan fingerprint density at radius 1 is 1.60 bits per heavy atom. The van der Waals surface area contributed by atoms with Crippen molar-refractivity contribution in [2.75, 3.05) is 6.54 Å². The van der Waals surface area contributed by atoms with Gasteiger partial charge in [-0.15, -0.1) is 0 Å². The first-order chi connectivity index (χ1) is 4.66. The topological polar surface area (TPSA) is 56.0 Å². The van der Waals surface area contributed by atoms with Crippen molar-refractivity contribution < 1.29 is 5.11 Å². The molecule has 0 heterocycles. The highest BCUT2D eigenvalue weighted by atomic mass is 16.3. The summed E-state index contributed by atoms with van der Waals surface area (Å²) in [5.41, 5.74) is 0. The van der Waals surface area contributed by atoms with Gasteiger partial charge in [-0.3, -0.25) is 0 Å². The lowest BCUT2D eigenvalue weighted by atomic mass is 10.2. The molecule has 0 radical (unpaired) electrons. The van der Waals surface area contributed by atoms with Crippen LogP contribution in [0.4, 0.5) is 0 Å². The van der Waals surface area contributed by atoms with Crippen LogP contribution >= 0.6 is 0 Å². The molecule has 0 aliphatic heterocycles. The highest BCUT2D eigenvalue weighted by molar-refractivity contribution is 4.76. The van der Waals surface area contributed by atoms with Crippen LogP contribution in [0.1, 0.15) is 20.3 Å². The fourth-order valence-corrected chi connectivity index (χ4v) is 0.549. The Balaban J connectivity index is 3.23. The Labute approximate surface area is 61.7 Å². The summed E-state index contributed by atoms with van der Waals surface area (Å²) in [6.45, 7) is 4.50. The molecule has 0 spiro atoms. The molecule has 0 saturated carbocycles. The van der Waals surface area contributed by atoms with E-state index in [2.05, 4.69) is 5.32 Å². The van der Waals surface area contributed by atoms with Gasteiger partial charge >= 0.3 is 0 Å². The summed E-state index contributed by atoms with van der Waals surface area (Å²) in [5, 5.41) is 20.2. The maximum atomic E-state index is 9.01. The fourth-order valence-electron chi connectivity index (χ4n) is 0.549. The first-order valence-corrected chi connectivity index (χ1v) is 3.45. The molecule has 1 unspecified atom stereocenters. The lowest BCUT2D eigenvalue weighted by molar-refractivity contribution is 0.173. The number of nitrogens with one attached hydrogen (secondary N) is 1. The Morgan fingerprint density at radius 3 is 2.60 bits per heavy atom. The zero-order valence-electron chi connectivity index (χ0n) is 6.46. The van der Waals surface area contributed by atoms with E-state index < -0.39 is 6.10 Å². The van der Waals surface area contributed by atoms with Gasteiger partial charge in [-0.1, -0.05) is 13.8 Å². The molecule has 0 amide bonds. The SMILES string of the molecule is CC(C)NCC(O)CC#N. The third kappa shape index (κ3) is 5.54. The minimum absolute atomic E-state index is 0.208. The van der Waals surface area contributed by atoms with E-state index in [-0.39, 0.29) is 6.42 Å². The monoisotopic (exact) mass is 142 g/mol. The van der Waals surface area contributed by atoms with Crippen LogP contribution in [0.2, 0.25) is 0 Å². The van der Waals surface area contributed by atoms with Crippen molar-refractivity contribution in [3.05, 3.63) is 0 Å². The zero-order valence-corrected chi connectivity index (χ0v) is 6.46. The molecule has 0 saturated heterocycles. The molecule has 0 aliphatic carbocycles. The van der Waals surface area contributed by atoms with Gasteiger partial charge in [0.15, 0.2) is 0 Å². The predicted octanol–water partition coefficient (Wildman–Crippen LogP) is 0.259. The molecule has 0 fully saturated rings. The summed E-state index contributed by atoms with van der Waals surface area (Å²) in [5.74, 6) is 0. The summed E-state index contributed by atoms with van der Waals surface area (Å²) >= 11 is 0. The van der Waals surface area contributed by atoms with Gasteiger partial charge in [0.2, 0.25) is 0 Å². The fraction of sp³-hybridized carbons (Fsp3) is 0.857. The number of nitriles is 1. The number of hydrogen-bond acceptors (Lipinski definition) is 3. The Kier molecular flexibility index (Phi) is 4.91. The van der Waals surface area contributed by atoms with Crippen molar-refractivity contribution in [2.45, 2.75) is 32.4 Å². The van der Waals surface area contributed by atoms with Crippen LogP contribution in [0.3, 0.4) is 0 Å². The molecule has 1 atom stereocenters. The minimum Gasteiger partial charge on any atom is -0.391 e. The summed E-state index contributed by atoms with van der Waals surface area (Å²) in [6.07, 6.45) is -0.313. The number of hydrogen-bond donors (Lipinski definition) is 2. The summed E-state index contributed by atoms with van der Waals surface area (Å²) in [4.78, 5) is 0. The second kappa shape index (κ2) is 5.21. The van der Waals surface area contributed by atoms with Crippen molar-refractivity contribution in [2.24, 2.45) is 0 Å². The van der Waals surface area contributed by atoms with E-state index in [1.807, 2.05) is 19.9 Å².